The van der Waals surface area contributed by atoms with Crippen LogP contribution in [0, 0.1) is 0 Å². The molecule has 0 aromatic carbocycles. The molecule has 0 aliphatic carbocycles. The number of imidazole rings is 1. The van der Waals surface area contributed by atoms with Crippen LogP contribution in [0.1, 0.15) is 18.7 Å². The molecule has 2 heterocycles. The Bertz CT molecular complexity index is 421. The van der Waals surface area contributed by atoms with Gasteiger partial charge in [-0.1, -0.05) is 6.92 Å². The molecule has 3 N–H and O–H groups in total. The first kappa shape index (κ1) is 9.86. The summed E-state index contributed by atoms with van der Waals surface area (Å²) in [6.07, 6.45) is 5.36. The molecule has 4 nitrogen and oxygen atoms in total. The number of aromatic nitrogens is 3. The highest BCUT2D eigenvalue weighted by Gasteiger charge is 2.08. The molecular weight excluding hydrogens is 188 g/mol. The third-order valence-corrected chi connectivity index (χ3v) is 2.41. The molecule has 0 amide bonds. The fraction of sp³-hybridized carbons (Fsp3) is 0.273. The van der Waals surface area contributed by atoms with E-state index in [9.17, 15) is 0 Å². The molecule has 0 fully saturated rings. The number of aromatic amines is 1. The van der Waals surface area contributed by atoms with Crippen molar-refractivity contribution >= 4 is 0 Å². The van der Waals surface area contributed by atoms with E-state index < -0.39 is 0 Å². The third kappa shape index (κ3) is 2.05. The molecule has 0 aliphatic heterocycles. The Morgan fingerprint density at radius 3 is 2.80 bits per heavy atom. The van der Waals surface area contributed by atoms with Crippen LogP contribution >= 0.6 is 0 Å². The van der Waals surface area contributed by atoms with Crippen LogP contribution in [-0.4, -0.2) is 21.5 Å². The van der Waals surface area contributed by atoms with Crippen LogP contribution < -0.4 is 5.73 Å². The minimum absolute atomic E-state index is 0.264. The van der Waals surface area contributed by atoms with E-state index in [4.69, 9.17) is 5.73 Å². The second-order valence-electron chi connectivity index (χ2n) is 3.55. The summed E-state index contributed by atoms with van der Waals surface area (Å²) in [7, 11) is 0. The highest BCUT2D eigenvalue weighted by molar-refractivity contribution is 5.57. The average Bonchev–Trinajstić information content (AvgIpc) is 2.78. The SMILES string of the molecule is CC(CN)c1ncc(-c2ccncc2)[nH]1. The second-order valence-corrected chi connectivity index (χ2v) is 3.55. The molecule has 1 atom stereocenters. The van der Waals surface area contributed by atoms with Crippen molar-refractivity contribution in [1.82, 2.24) is 15.0 Å². The highest BCUT2D eigenvalue weighted by atomic mass is 14.9. The Hall–Kier alpha value is -1.68. The number of nitrogens with two attached hydrogens (primary N) is 1. The Morgan fingerprint density at radius 2 is 2.13 bits per heavy atom. The zero-order valence-electron chi connectivity index (χ0n) is 8.64. The van der Waals surface area contributed by atoms with Crippen molar-refractivity contribution in [2.75, 3.05) is 6.54 Å². The molecule has 0 saturated heterocycles. The maximum absolute atomic E-state index is 5.58. The molecule has 0 radical (unpaired) electrons. The molecule has 4 heteroatoms. The Balaban J connectivity index is 2.28. The molecule has 1 unspecified atom stereocenters. The van der Waals surface area contributed by atoms with Crippen molar-refractivity contribution in [1.29, 1.82) is 0 Å². The first-order chi connectivity index (χ1) is 7.31. The standard InChI is InChI=1S/C11H14N4/c1-8(6-12)11-14-7-10(15-11)9-2-4-13-5-3-9/h2-5,7-8H,6,12H2,1H3,(H,14,15). The fourth-order valence-electron chi connectivity index (χ4n) is 1.38. The van der Waals surface area contributed by atoms with Crippen molar-refractivity contribution < 1.29 is 0 Å². The molecule has 0 bridgehead atoms. The number of hydrogen-bond donors (Lipinski definition) is 2. The van der Waals surface area contributed by atoms with Gasteiger partial charge in [-0.15, -0.1) is 0 Å². The lowest BCUT2D eigenvalue weighted by molar-refractivity contribution is 0.725. The van der Waals surface area contributed by atoms with Crippen LogP contribution in [0.5, 0.6) is 0 Å². The van der Waals surface area contributed by atoms with Crippen LogP contribution in [0.2, 0.25) is 0 Å². The van der Waals surface area contributed by atoms with Crippen LogP contribution in [-0.2, 0) is 0 Å². The van der Waals surface area contributed by atoms with Crippen molar-refractivity contribution in [3.05, 3.63) is 36.5 Å². The monoisotopic (exact) mass is 202 g/mol. The summed E-state index contributed by atoms with van der Waals surface area (Å²) in [6.45, 7) is 2.65. The summed E-state index contributed by atoms with van der Waals surface area (Å²) < 4.78 is 0. The predicted molar refractivity (Wildman–Crippen MR) is 59.3 cm³/mol. The number of rotatable bonds is 3. The van der Waals surface area contributed by atoms with E-state index in [1.165, 1.54) is 0 Å². The Morgan fingerprint density at radius 1 is 1.40 bits per heavy atom. The van der Waals surface area contributed by atoms with E-state index in [0.29, 0.717) is 6.54 Å². The number of H-pyrrole nitrogens is 1. The predicted octanol–water partition coefficient (Wildman–Crippen LogP) is 1.53. The van der Waals surface area contributed by atoms with Crippen molar-refractivity contribution in [3.8, 4) is 11.3 Å². The fourth-order valence-corrected chi connectivity index (χ4v) is 1.38. The van der Waals surface area contributed by atoms with Gasteiger partial charge in [-0.05, 0) is 12.1 Å². The van der Waals surface area contributed by atoms with Gasteiger partial charge >= 0.3 is 0 Å². The molecule has 0 saturated carbocycles. The van der Waals surface area contributed by atoms with Gasteiger partial charge < -0.3 is 10.7 Å². The summed E-state index contributed by atoms with van der Waals surface area (Å²) >= 11 is 0. The molecule has 2 aromatic heterocycles. The van der Waals surface area contributed by atoms with E-state index in [2.05, 4.69) is 21.9 Å². The first-order valence-corrected chi connectivity index (χ1v) is 4.96. The Kier molecular flexibility index (Phi) is 2.78. The smallest absolute Gasteiger partial charge is 0.110 e. The van der Waals surface area contributed by atoms with Gasteiger partial charge in [0.15, 0.2) is 0 Å². The lowest BCUT2D eigenvalue weighted by Crippen LogP contribution is -2.10. The molecule has 78 valence electrons. The molecule has 2 rings (SSSR count). The number of nitrogens with zero attached hydrogens (tertiary/aromatic N) is 2. The summed E-state index contributed by atoms with van der Waals surface area (Å²) in [6, 6.07) is 3.90. The van der Waals surface area contributed by atoms with E-state index in [-0.39, 0.29) is 5.92 Å². The van der Waals surface area contributed by atoms with Crippen LogP contribution in [0.25, 0.3) is 11.3 Å². The largest absolute Gasteiger partial charge is 0.342 e. The summed E-state index contributed by atoms with van der Waals surface area (Å²) in [4.78, 5) is 11.5. The van der Waals surface area contributed by atoms with Crippen molar-refractivity contribution in [2.24, 2.45) is 5.73 Å². The summed E-state index contributed by atoms with van der Waals surface area (Å²) in [5.74, 6) is 1.20. The molecule has 15 heavy (non-hydrogen) atoms. The Labute approximate surface area is 88.6 Å². The van der Waals surface area contributed by atoms with Gasteiger partial charge in [-0.25, -0.2) is 4.98 Å². The maximum atomic E-state index is 5.58. The van der Waals surface area contributed by atoms with E-state index in [0.717, 1.165) is 17.1 Å². The number of hydrogen-bond acceptors (Lipinski definition) is 3. The normalized spacial score (nSPS) is 12.7. The molecule has 2 aromatic rings. The van der Waals surface area contributed by atoms with Crippen LogP contribution in [0.4, 0.5) is 0 Å². The minimum Gasteiger partial charge on any atom is -0.342 e. The summed E-state index contributed by atoms with van der Waals surface area (Å²) in [5.41, 5.74) is 7.68. The van der Waals surface area contributed by atoms with Gasteiger partial charge in [0.05, 0.1) is 11.9 Å². The zero-order valence-corrected chi connectivity index (χ0v) is 8.64. The first-order valence-electron chi connectivity index (χ1n) is 4.96. The lowest BCUT2D eigenvalue weighted by atomic mass is 10.2. The molecule has 0 aliphatic rings. The van der Waals surface area contributed by atoms with Gasteiger partial charge in [-0.3, -0.25) is 4.98 Å². The maximum Gasteiger partial charge on any atom is 0.110 e. The van der Waals surface area contributed by atoms with Crippen LogP contribution in [0.15, 0.2) is 30.7 Å². The van der Waals surface area contributed by atoms with Crippen molar-refractivity contribution in [2.45, 2.75) is 12.8 Å². The van der Waals surface area contributed by atoms with Crippen LogP contribution in [0.3, 0.4) is 0 Å². The highest BCUT2D eigenvalue weighted by Crippen LogP contribution is 2.18. The number of pyridine rings is 1. The van der Waals surface area contributed by atoms with Gasteiger partial charge in [0.25, 0.3) is 0 Å². The average molecular weight is 202 g/mol. The van der Waals surface area contributed by atoms with Gasteiger partial charge in [-0.2, -0.15) is 0 Å². The summed E-state index contributed by atoms with van der Waals surface area (Å²) in [5, 5.41) is 0. The number of nitrogens with one attached hydrogen (secondary N) is 1. The van der Waals surface area contributed by atoms with Crippen molar-refractivity contribution in [3.63, 3.8) is 0 Å². The van der Waals surface area contributed by atoms with Gasteiger partial charge in [0.1, 0.15) is 5.82 Å². The van der Waals surface area contributed by atoms with E-state index >= 15 is 0 Å². The molecular formula is C11H14N4. The molecule has 0 spiro atoms. The van der Waals surface area contributed by atoms with E-state index in [1.807, 2.05) is 18.3 Å². The third-order valence-electron chi connectivity index (χ3n) is 2.41. The quantitative estimate of drug-likeness (QED) is 0.793. The topological polar surface area (TPSA) is 67.6 Å². The zero-order chi connectivity index (χ0) is 10.7. The minimum atomic E-state index is 0.264. The second kappa shape index (κ2) is 4.23. The lowest BCUT2D eigenvalue weighted by Gasteiger charge is -2.03. The van der Waals surface area contributed by atoms with E-state index in [1.54, 1.807) is 12.4 Å². The van der Waals surface area contributed by atoms with Gasteiger partial charge in [0, 0.05) is 30.4 Å². The van der Waals surface area contributed by atoms with Gasteiger partial charge in [0.2, 0.25) is 0 Å².